The lowest BCUT2D eigenvalue weighted by Crippen LogP contribution is -2.03. The molecule has 8 heteroatoms. The van der Waals surface area contributed by atoms with Crippen LogP contribution in [0.2, 0.25) is 0 Å². The van der Waals surface area contributed by atoms with Crippen LogP contribution in [0.1, 0.15) is 11.1 Å². The van der Waals surface area contributed by atoms with Crippen LogP contribution in [0.3, 0.4) is 0 Å². The van der Waals surface area contributed by atoms with Crippen LogP contribution in [0.25, 0.3) is 11.6 Å². The van der Waals surface area contributed by atoms with Gasteiger partial charge in [-0.15, -0.1) is 0 Å². The Hall–Kier alpha value is -3.55. The lowest BCUT2D eigenvalue weighted by atomic mass is 10.0. The topological polar surface area (TPSA) is 115 Å². The molecule has 2 aromatic rings. The first kappa shape index (κ1) is 14.4. The van der Waals surface area contributed by atoms with E-state index in [0.717, 1.165) is 0 Å². The van der Waals surface area contributed by atoms with E-state index in [1.165, 1.54) is 48.5 Å². The second kappa shape index (κ2) is 5.34. The molecule has 1 heterocycles. The van der Waals surface area contributed by atoms with Crippen molar-refractivity contribution in [3.63, 3.8) is 0 Å². The van der Waals surface area contributed by atoms with Crippen molar-refractivity contribution in [2.24, 2.45) is 0 Å². The summed E-state index contributed by atoms with van der Waals surface area (Å²) in [5, 5.41) is 24.1. The zero-order valence-electron chi connectivity index (χ0n) is 11.6. The van der Waals surface area contributed by atoms with Gasteiger partial charge in [-0.3, -0.25) is 25.0 Å². The summed E-state index contributed by atoms with van der Waals surface area (Å²) < 4.78 is 0. The van der Waals surface area contributed by atoms with E-state index in [0.29, 0.717) is 16.8 Å². The van der Waals surface area contributed by atoms with Gasteiger partial charge in [-0.1, -0.05) is 0 Å². The second-order valence-electron chi connectivity index (χ2n) is 4.85. The van der Waals surface area contributed by atoms with Crippen LogP contribution in [-0.2, 0) is 4.79 Å². The van der Waals surface area contributed by atoms with Crippen LogP contribution < -0.4 is 5.32 Å². The van der Waals surface area contributed by atoms with E-state index in [1.54, 1.807) is 0 Å². The summed E-state index contributed by atoms with van der Waals surface area (Å²) in [6, 6.07) is 9.78. The highest BCUT2D eigenvalue weighted by Crippen LogP contribution is 2.35. The summed E-state index contributed by atoms with van der Waals surface area (Å²) in [7, 11) is 0. The number of amides is 1. The Morgan fingerprint density at radius 3 is 2.13 bits per heavy atom. The number of non-ortho nitro benzene ring substituents is 2. The van der Waals surface area contributed by atoms with Crippen LogP contribution in [0.15, 0.2) is 42.5 Å². The van der Waals surface area contributed by atoms with Gasteiger partial charge in [0.15, 0.2) is 0 Å². The third-order valence-electron chi connectivity index (χ3n) is 3.41. The first-order valence-electron chi connectivity index (χ1n) is 6.52. The smallest absolute Gasteiger partial charge is 0.270 e. The number of carbonyl (C=O) groups excluding carboxylic acids is 1. The van der Waals surface area contributed by atoms with Gasteiger partial charge in [-0.05, 0) is 29.8 Å². The van der Waals surface area contributed by atoms with Gasteiger partial charge in [0.1, 0.15) is 0 Å². The Bertz CT molecular complexity index is 871. The van der Waals surface area contributed by atoms with E-state index in [9.17, 15) is 25.0 Å². The molecule has 1 aliphatic heterocycles. The molecule has 114 valence electrons. The van der Waals surface area contributed by atoms with Crippen molar-refractivity contribution in [1.82, 2.24) is 0 Å². The van der Waals surface area contributed by atoms with Gasteiger partial charge < -0.3 is 5.32 Å². The summed E-state index contributed by atoms with van der Waals surface area (Å²) >= 11 is 0. The lowest BCUT2D eigenvalue weighted by Gasteiger charge is -1.99. The minimum Gasteiger partial charge on any atom is -0.321 e. The predicted molar refractivity (Wildman–Crippen MR) is 82.7 cm³/mol. The molecule has 0 saturated heterocycles. The maximum atomic E-state index is 12.0. The first-order chi connectivity index (χ1) is 11.0. The molecular weight excluding hydrogens is 302 g/mol. The third-order valence-corrected chi connectivity index (χ3v) is 3.41. The average Bonchev–Trinajstić information content (AvgIpc) is 2.83. The Balaban J connectivity index is 2.03. The fourth-order valence-electron chi connectivity index (χ4n) is 2.29. The van der Waals surface area contributed by atoms with Gasteiger partial charge in [-0.2, -0.15) is 0 Å². The van der Waals surface area contributed by atoms with Gasteiger partial charge in [0, 0.05) is 41.1 Å². The molecule has 0 unspecified atom stereocenters. The lowest BCUT2D eigenvalue weighted by molar-refractivity contribution is -0.385. The summed E-state index contributed by atoms with van der Waals surface area (Å²) in [5.74, 6) is -0.376. The number of hydrogen-bond donors (Lipinski definition) is 1. The Morgan fingerprint density at radius 2 is 1.52 bits per heavy atom. The van der Waals surface area contributed by atoms with Gasteiger partial charge in [0.05, 0.1) is 9.85 Å². The van der Waals surface area contributed by atoms with E-state index in [-0.39, 0.29) is 22.9 Å². The second-order valence-corrected chi connectivity index (χ2v) is 4.85. The molecule has 0 aromatic heterocycles. The van der Waals surface area contributed by atoms with E-state index in [2.05, 4.69) is 5.32 Å². The minimum absolute atomic E-state index is 0.0564. The largest absolute Gasteiger partial charge is 0.321 e. The maximum Gasteiger partial charge on any atom is 0.270 e. The average molecular weight is 311 g/mol. The first-order valence-corrected chi connectivity index (χ1v) is 6.52. The maximum absolute atomic E-state index is 12.0. The van der Waals surface area contributed by atoms with E-state index in [1.807, 2.05) is 0 Å². The van der Waals surface area contributed by atoms with Crippen LogP contribution in [-0.4, -0.2) is 15.8 Å². The molecule has 0 radical (unpaired) electrons. The van der Waals surface area contributed by atoms with Gasteiger partial charge in [0.2, 0.25) is 0 Å². The molecule has 1 amide bonds. The molecule has 23 heavy (non-hydrogen) atoms. The van der Waals surface area contributed by atoms with Crippen molar-refractivity contribution in [3.8, 4) is 0 Å². The number of nitro benzene ring substituents is 2. The number of nitrogens with zero attached hydrogens (tertiary/aromatic N) is 2. The molecule has 8 nitrogen and oxygen atoms in total. The molecule has 1 N–H and O–H groups in total. The molecule has 2 aromatic carbocycles. The normalized spacial score (nSPS) is 14.4. The molecule has 0 fully saturated rings. The molecule has 0 spiro atoms. The number of rotatable bonds is 3. The van der Waals surface area contributed by atoms with Crippen molar-refractivity contribution >= 4 is 34.6 Å². The van der Waals surface area contributed by atoms with Gasteiger partial charge in [0.25, 0.3) is 17.3 Å². The zero-order valence-corrected chi connectivity index (χ0v) is 11.6. The van der Waals surface area contributed by atoms with E-state index in [4.69, 9.17) is 0 Å². The highest BCUT2D eigenvalue weighted by Gasteiger charge is 2.26. The summed E-state index contributed by atoms with van der Waals surface area (Å²) in [6.07, 6.45) is 1.54. The zero-order chi connectivity index (χ0) is 16.6. The Labute approximate surface area is 129 Å². The monoisotopic (exact) mass is 311 g/mol. The molecule has 1 aliphatic rings. The highest BCUT2D eigenvalue weighted by molar-refractivity contribution is 6.35. The van der Waals surface area contributed by atoms with Gasteiger partial charge in [-0.25, -0.2) is 0 Å². The van der Waals surface area contributed by atoms with Crippen molar-refractivity contribution in [2.75, 3.05) is 5.32 Å². The predicted octanol–water partition coefficient (Wildman–Crippen LogP) is 3.00. The molecule has 0 atom stereocenters. The number of nitrogens with one attached hydrogen (secondary N) is 1. The SMILES string of the molecule is O=C1Nc2ccc([N+](=O)[O-])cc2C1=Cc1ccc([N+](=O)[O-])cc1. The summed E-state index contributed by atoms with van der Waals surface area (Å²) in [6.45, 7) is 0. The number of nitro groups is 2. The Morgan fingerprint density at radius 1 is 0.913 bits per heavy atom. The fraction of sp³-hybridized carbons (Fsp3) is 0. The van der Waals surface area contributed by atoms with Crippen LogP contribution >= 0.6 is 0 Å². The summed E-state index contributed by atoms with van der Waals surface area (Å²) in [5.41, 5.74) is 1.61. The Kier molecular flexibility index (Phi) is 3.34. The standard InChI is InChI=1S/C15H9N3O5/c19-15-13(7-9-1-3-10(4-2-9)17(20)21)12-8-11(18(22)23)5-6-14(12)16-15/h1-8H,(H,16,19). The number of anilines is 1. The van der Waals surface area contributed by atoms with Crippen LogP contribution in [0.4, 0.5) is 17.1 Å². The number of hydrogen-bond acceptors (Lipinski definition) is 5. The number of carbonyl (C=O) groups is 1. The van der Waals surface area contributed by atoms with Crippen molar-refractivity contribution in [3.05, 3.63) is 73.8 Å². The van der Waals surface area contributed by atoms with Crippen molar-refractivity contribution in [2.45, 2.75) is 0 Å². The van der Waals surface area contributed by atoms with Crippen LogP contribution in [0, 0.1) is 20.2 Å². The van der Waals surface area contributed by atoms with Crippen molar-refractivity contribution in [1.29, 1.82) is 0 Å². The molecule has 0 bridgehead atoms. The molecular formula is C15H9N3O5. The minimum atomic E-state index is -0.535. The van der Waals surface area contributed by atoms with E-state index >= 15 is 0 Å². The third kappa shape index (κ3) is 2.64. The summed E-state index contributed by atoms with van der Waals surface area (Å²) in [4.78, 5) is 32.5. The number of fused-ring (bicyclic) bond motifs is 1. The quantitative estimate of drug-likeness (QED) is 0.531. The molecule has 3 rings (SSSR count). The van der Waals surface area contributed by atoms with Gasteiger partial charge >= 0.3 is 0 Å². The molecule has 0 aliphatic carbocycles. The van der Waals surface area contributed by atoms with Crippen LogP contribution in [0.5, 0.6) is 0 Å². The highest BCUT2D eigenvalue weighted by atomic mass is 16.6. The number of benzene rings is 2. The van der Waals surface area contributed by atoms with E-state index < -0.39 is 9.85 Å². The molecule has 0 saturated carbocycles. The fourth-order valence-corrected chi connectivity index (χ4v) is 2.29. The van der Waals surface area contributed by atoms with Crippen molar-refractivity contribution < 1.29 is 14.6 Å².